The van der Waals surface area contributed by atoms with Crippen LogP contribution in [-0.2, 0) is 19.9 Å². The van der Waals surface area contributed by atoms with Crippen LogP contribution in [0.5, 0.6) is 11.5 Å². The van der Waals surface area contributed by atoms with Gasteiger partial charge in [-0.25, -0.2) is 4.90 Å². The molecule has 0 aromatic heterocycles. The third-order valence-corrected chi connectivity index (χ3v) is 8.56. The molecule has 3 fully saturated rings. The van der Waals surface area contributed by atoms with Crippen LogP contribution in [0.15, 0.2) is 30.3 Å². The molecule has 0 saturated carbocycles. The highest BCUT2D eigenvalue weighted by atomic mass is 35.5. The van der Waals surface area contributed by atoms with Gasteiger partial charge in [-0.05, 0) is 50.1 Å². The number of rotatable bonds is 1. The van der Waals surface area contributed by atoms with Crippen molar-refractivity contribution < 1.29 is 23.9 Å². The predicted octanol–water partition coefficient (Wildman–Crippen LogP) is 2.85. The number of amides is 3. The number of carbonyl (C=O) groups excluding carboxylic acids is 3. The summed E-state index contributed by atoms with van der Waals surface area (Å²) in [5.74, 6) is -1.16. The van der Waals surface area contributed by atoms with Crippen LogP contribution in [0.4, 0.5) is 11.4 Å². The van der Waals surface area contributed by atoms with Gasteiger partial charge < -0.3 is 14.8 Å². The van der Waals surface area contributed by atoms with Crippen LogP contribution in [-0.4, -0.2) is 48.4 Å². The Labute approximate surface area is 200 Å². The zero-order chi connectivity index (χ0) is 23.4. The summed E-state index contributed by atoms with van der Waals surface area (Å²) < 4.78 is 11.3. The fourth-order valence-corrected chi connectivity index (χ4v) is 6.97. The van der Waals surface area contributed by atoms with E-state index < -0.39 is 17.4 Å². The van der Waals surface area contributed by atoms with E-state index in [1.807, 2.05) is 13.0 Å². The molecule has 3 amide bonds. The highest BCUT2D eigenvalue weighted by molar-refractivity contribution is 6.32. The summed E-state index contributed by atoms with van der Waals surface area (Å²) in [6, 6.07) is 8.55. The number of carbonyl (C=O) groups is 3. The van der Waals surface area contributed by atoms with Crippen LogP contribution in [0, 0.1) is 18.8 Å². The lowest BCUT2D eigenvalue weighted by molar-refractivity contribution is -0.135. The zero-order valence-corrected chi connectivity index (χ0v) is 19.2. The molecule has 2 aromatic carbocycles. The summed E-state index contributed by atoms with van der Waals surface area (Å²) in [5.41, 5.74) is 1.39. The summed E-state index contributed by atoms with van der Waals surface area (Å²) in [7, 11) is 0. The second kappa shape index (κ2) is 6.73. The van der Waals surface area contributed by atoms with Gasteiger partial charge in [0.05, 0.1) is 23.2 Å². The summed E-state index contributed by atoms with van der Waals surface area (Å²) in [5, 5.41) is 3.56. The average molecular weight is 480 g/mol. The molecule has 0 aliphatic carbocycles. The Kier molecular flexibility index (Phi) is 4.02. The molecule has 34 heavy (non-hydrogen) atoms. The molecule has 174 valence electrons. The molecule has 1 spiro atoms. The Balaban J connectivity index is 1.39. The van der Waals surface area contributed by atoms with E-state index in [-0.39, 0.29) is 23.8 Å². The van der Waals surface area contributed by atoms with Crippen LogP contribution in [0.2, 0.25) is 5.02 Å². The summed E-state index contributed by atoms with van der Waals surface area (Å²) in [6.45, 7) is 3.38. The van der Waals surface area contributed by atoms with Crippen molar-refractivity contribution in [2.24, 2.45) is 11.8 Å². The lowest BCUT2D eigenvalue weighted by atomic mass is 9.75. The second-order valence-corrected chi connectivity index (χ2v) is 9.97. The summed E-state index contributed by atoms with van der Waals surface area (Å²) in [6.07, 6.45) is 1.64. The van der Waals surface area contributed by atoms with Crippen LogP contribution in [0.1, 0.15) is 24.0 Å². The van der Waals surface area contributed by atoms with Crippen molar-refractivity contribution in [2.75, 3.05) is 30.0 Å². The smallest absolute Gasteiger partial charge is 0.250 e. The number of hydrogen-bond acceptors (Lipinski definition) is 6. The molecule has 7 rings (SSSR count). The molecule has 5 heterocycles. The van der Waals surface area contributed by atoms with Gasteiger partial charge in [-0.3, -0.25) is 19.3 Å². The van der Waals surface area contributed by atoms with Crippen molar-refractivity contribution in [3.63, 3.8) is 0 Å². The first-order valence-corrected chi connectivity index (χ1v) is 12.0. The molecule has 5 aliphatic heterocycles. The monoisotopic (exact) mass is 479 g/mol. The van der Waals surface area contributed by atoms with Gasteiger partial charge in [0.25, 0.3) is 0 Å². The number of hydrogen-bond donors (Lipinski definition) is 1. The number of fused-ring (bicyclic) bond motifs is 8. The minimum Gasteiger partial charge on any atom is -0.486 e. The fraction of sp³-hybridized carbons (Fsp3) is 0.400. The SMILES string of the molecule is Cc1c(Cl)ccc2c1NC(=O)[C@]21[C@@H]2C(=O)N(c3ccc4c(c3)OCCO4)C(=O)[C@@H]2[C@H]2CCCN21. The highest BCUT2D eigenvalue weighted by Crippen LogP contribution is 2.61. The maximum atomic E-state index is 14.1. The molecule has 0 unspecified atom stereocenters. The van der Waals surface area contributed by atoms with E-state index in [1.165, 1.54) is 4.90 Å². The standard InChI is InChI=1S/C25H22ClN3O5/c1-12-15(26)6-5-14-21(12)27-24(32)25(14)20-19(16-3-2-8-28(16)25)22(30)29(23(20)31)13-4-7-17-18(11-13)34-10-9-33-17/h4-7,11,16,19-20H,2-3,8-10H2,1H3,(H,27,32)/t16-,19-,20+,25-/m1/s1. The van der Waals surface area contributed by atoms with E-state index in [9.17, 15) is 14.4 Å². The Morgan fingerprint density at radius 2 is 1.85 bits per heavy atom. The maximum absolute atomic E-state index is 14.1. The topological polar surface area (TPSA) is 88.2 Å². The van der Waals surface area contributed by atoms with E-state index in [1.54, 1.807) is 24.3 Å². The molecule has 4 atom stereocenters. The molecule has 3 saturated heterocycles. The van der Waals surface area contributed by atoms with Gasteiger partial charge in [0.15, 0.2) is 11.5 Å². The van der Waals surface area contributed by atoms with E-state index in [4.69, 9.17) is 21.1 Å². The minimum absolute atomic E-state index is 0.170. The Bertz CT molecular complexity index is 1310. The molecule has 9 heteroatoms. The van der Waals surface area contributed by atoms with E-state index in [2.05, 4.69) is 10.2 Å². The second-order valence-electron chi connectivity index (χ2n) is 9.56. The fourth-order valence-electron chi connectivity index (χ4n) is 6.82. The number of anilines is 2. The van der Waals surface area contributed by atoms with E-state index in [0.29, 0.717) is 47.7 Å². The van der Waals surface area contributed by atoms with Crippen molar-refractivity contribution >= 4 is 40.7 Å². The van der Waals surface area contributed by atoms with Crippen molar-refractivity contribution in [2.45, 2.75) is 31.3 Å². The van der Waals surface area contributed by atoms with Crippen LogP contribution in [0.25, 0.3) is 0 Å². The highest BCUT2D eigenvalue weighted by Gasteiger charge is 2.74. The molecular formula is C25H22ClN3O5. The van der Waals surface area contributed by atoms with Crippen LogP contribution >= 0.6 is 11.6 Å². The van der Waals surface area contributed by atoms with Gasteiger partial charge in [0.1, 0.15) is 18.8 Å². The molecule has 5 aliphatic rings. The zero-order valence-electron chi connectivity index (χ0n) is 18.5. The Hall–Kier alpha value is -3.10. The number of ether oxygens (including phenoxy) is 2. The first-order valence-electron chi connectivity index (χ1n) is 11.6. The largest absolute Gasteiger partial charge is 0.486 e. The third-order valence-electron chi connectivity index (χ3n) is 8.15. The quantitative estimate of drug-likeness (QED) is 0.633. The van der Waals surface area contributed by atoms with Crippen molar-refractivity contribution in [3.05, 3.63) is 46.5 Å². The lowest BCUT2D eigenvalue weighted by Crippen LogP contribution is -2.54. The normalized spacial score (nSPS) is 31.2. The van der Waals surface area contributed by atoms with E-state index >= 15 is 0 Å². The lowest BCUT2D eigenvalue weighted by Gasteiger charge is -2.36. The van der Waals surface area contributed by atoms with Gasteiger partial charge in [-0.2, -0.15) is 0 Å². The average Bonchev–Trinajstić information content (AvgIpc) is 3.55. The van der Waals surface area contributed by atoms with Gasteiger partial charge in [-0.1, -0.05) is 17.7 Å². The number of benzene rings is 2. The number of imide groups is 1. The maximum Gasteiger partial charge on any atom is 0.250 e. The first kappa shape index (κ1) is 20.3. The van der Waals surface area contributed by atoms with Crippen LogP contribution < -0.4 is 19.7 Å². The number of halogens is 1. The molecule has 1 N–H and O–H groups in total. The van der Waals surface area contributed by atoms with Gasteiger partial charge in [-0.15, -0.1) is 0 Å². The van der Waals surface area contributed by atoms with E-state index in [0.717, 1.165) is 24.0 Å². The summed E-state index contributed by atoms with van der Waals surface area (Å²) in [4.78, 5) is 45.0. The Morgan fingerprint density at radius 1 is 1.06 bits per heavy atom. The first-order chi connectivity index (χ1) is 16.4. The minimum atomic E-state index is -1.22. The Morgan fingerprint density at radius 3 is 2.68 bits per heavy atom. The number of nitrogens with one attached hydrogen (secondary N) is 1. The van der Waals surface area contributed by atoms with Crippen molar-refractivity contribution in [1.29, 1.82) is 0 Å². The van der Waals surface area contributed by atoms with Gasteiger partial charge in [0, 0.05) is 22.7 Å². The van der Waals surface area contributed by atoms with Crippen LogP contribution in [0.3, 0.4) is 0 Å². The van der Waals surface area contributed by atoms with Gasteiger partial charge >= 0.3 is 0 Å². The summed E-state index contributed by atoms with van der Waals surface area (Å²) >= 11 is 6.35. The number of nitrogens with zero attached hydrogens (tertiary/aromatic N) is 2. The molecular weight excluding hydrogens is 458 g/mol. The molecule has 0 bridgehead atoms. The molecule has 0 radical (unpaired) electrons. The predicted molar refractivity (Wildman–Crippen MR) is 123 cm³/mol. The van der Waals surface area contributed by atoms with Crippen molar-refractivity contribution in [3.8, 4) is 11.5 Å². The third kappa shape index (κ3) is 2.25. The molecule has 8 nitrogen and oxygen atoms in total. The van der Waals surface area contributed by atoms with Crippen molar-refractivity contribution in [1.82, 2.24) is 4.90 Å². The van der Waals surface area contributed by atoms with Gasteiger partial charge in [0.2, 0.25) is 17.7 Å². The molecule has 2 aromatic rings.